The van der Waals surface area contributed by atoms with Crippen LogP contribution in [0.3, 0.4) is 0 Å². The number of hydrogen-bond acceptors (Lipinski definition) is 4. The molecule has 0 aliphatic carbocycles. The molecule has 0 bridgehead atoms. The van der Waals surface area contributed by atoms with Gasteiger partial charge in [-0.15, -0.1) is 0 Å². The SMILES string of the molecule is OB(O)c1ccccc1-c1cnoc1. The molecule has 1 heterocycles. The van der Waals surface area contributed by atoms with E-state index in [1.165, 1.54) is 12.5 Å². The summed E-state index contributed by atoms with van der Waals surface area (Å²) in [6.07, 6.45) is 2.99. The van der Waals surface area contributed by atoms with Crippen LogP contribution in [0, 0.1) is 0 Å². The Labute approximate surface area is 80.9 Å². The summed E-state index contributed by atoms with van der Waals surface area (Å²) in [6.45, 7) is 0. The Kier molecular flexibility index (Phi) is 2.34. The van der Waals surface area contributed by atoms with Gasteiger partial charge in [-0.05, 0) is 11.0 Å². The van der Waals surface area contributed by atoms with E-state index in [0.717, 1.165) is 5.56 Å². The number of nitrogens with zero attached hydrogens (tertiary/aromatic N) is 1. The maximum absolute atomic E-state index is 9.11. The summed E-state index contributed by atoms with van der Waals surface area (Å²) in [6, 6.07) is 6.98. The first-order valence-electron chi connectivity index (χ1n) is 4.14. The van der Waals surface area contributed by atoms with Crippen molar-refractivity contribution in [3.8, 4) is 11.1 Å². The summed E-state index contributed by atoms with van der Waals surface area (Å²) in [5.41, 5.74) is 1.88. The quantitative estimate of drug-likeness (QED) is 0.653. The fraction of sp³-hybridized carbons (Fsp3) is 0. The van der Waals surface area contributed by atoms with Gasteiger partial charge in [0, 0.05) is 5.56 Å². The molecule has 0 atom stereocenters. The van der Waals surface area contributed by atoms with Gasteiger partial charge < -0.3 is 14.6 Å². The molecule has 0 radical (unpaired) electrons. The van der Waals surface area contributed by atoms with Gasteiger partial charge in [-0.1, -0.05) is 29.4 Å². The maximum atomic E-state index is 9.11. The Morgan fingerprint density at radius 2 is 2.00 bits per heavy atom. The van der Waals surface area contributed by atoms with E-state index in [-0.39, 0.29) is 0 Å². The second-order valence-corrected chi connectivity index (χ2v) is 2.87. The average Bonchev–Trinajstić information content (AvgIpc) is 2.70. The molecule has 70 valence electrons. The van der Waals surface area contributed by atoms with Gasteiger partial charge in [0.05, 0.1) is 6.20 Å². The molecule has 0 saturated carbocycles. The molecule has 0 amide bonds. The highest BCUT2D eigenvalue weighted by Gasteiger charge is 2.16. The molecule has 2 rings (SSSR count). The van der Waals surface area contributed by atoms with Crippen molar-refractivity contribution < 1.29 is 14.6 Å². The number of aromatic nitrogens is 1. The smallest absolute Gasteiger partial charge is 0.423 e. The minimum Gasteiger partial charge on any atom is -0.423 e. The molecule has 14 heavy (non-hydrogen) atoms. The van der Waals surface area contributed by atoms with Gasteiger partial charge in [0.15, 0.2) is 0 Å². The molecule has 2 N–H and O–H groups in total. The van der Waals surface area contributed by atoms with Gasteiger partial charge in [-0.25, -0.2) is 0 Å². The van der Waals surface area contributed by atoms with Gasteiger partial charge in [0.1, 0.15) is 6.26 Å². The van der Waals surface area contributed by atoms with Crippen LogP contribution >= 0.6 is 0 Å². The Balaban J connectivity index is 2.53. The molecule has 0 aliphatic rings. The number of rotatable bonds is 2. The second kappa shape index (κ2) is 3.65. The highest BCUT2D eigenvalue weighted by Crippen LogP contribution is 2.15. The van der Waals surface area contributed by atoms with E-state index < -0.39 is 7.12 Å². The third-order valence-corrected chi connectivity index (χ3v) is 1.98. The summed E-state index contributed by atoms with van der Waals surface area (Å²) in [5.74, 6) is 0. The van der Waals surface area contributed by atoms with Crippen molar-refractivity contribution >= 4 is 12.6 Å². The molecular weight excluding hydrogens is 181 g/mol. The Morgan fingerprint density at radius 1 is 1.21 bits per heavy atom. The van der Waals surface area contributed by atoms with Crippen LogP contribution in [0.25, 0.3) is 11.1 Å². The van der Waals surface area contributed by atoms with Gasteiger partial charge in [-0.3, -0.25) is 0 Å². The second-order valence-electron chi connectivity index (χ2n) is 2.87. The minimum absolute atomic E-state index is 0.440. The van der Waals surface area contributed by atoms with Crippen LogP contribution in [-0.2, 0) is 0 Å². The van der Waals surface area contributed by atoms with Gasteiger partial charge >= 0.3 is 7.12 Å². The molecule has 0 fully saturated rings. The minimum atomic E-state index is -1.49. The van der Waals surface area contributed by atoms with Crippen LogP contribution in [-0.4, -0.2) is 22.3 Å². The zero-order chi connectivity index (χ0) is 9.97. The monoisotopic (exact) mass is 189 g/mol. The van der Waals surface area contributed by atoms with Crippen LogP contribution in [0.5, 0.6) is 0 Å². The van der Waals surface area contributed by atoms with Gasteiger partial charge in [-0.2, -0.15) is 0 Å². The first kappa shape index (κ1) is 8.99. The summed E-state index contributed by atoms with van der Waals surface area (Å²) < 4.78 is 4.69. The first-order valence-corrected chi connectivity index (χ1v) is 4.14. The number of benzene rings is 1. The molecule has 0 saturated heterocycles. The number of hydrogen-bond donors (Lipinski definition) is 2. The van der Waals surface area contributed by atoms with Crippen LogP contribution in [0.1, 0.15) is 0 Å². The zero-order valence-corrected chi connectivity index (χ0v) is 7.29. The van der Waals surface area contributed by atoms with Crippen molar-refractivity contribution in [2.45, 2.75) is 0 Å². The Morgan fingerprint density at radius 3 is 2.64 bits per heavy atom. The van der Waals surface area contributed by atoms with E-state index in [9.17, 15) is 0 Å². The largest absolute Gasteiger partial charge is 0.489 e. The third-order valence-electron chi connectivity index (χ3n) is 1.98. The van der Waals surface area contributed by atoms with Crippen LogP contribution < -0.4 is 5.46 Å². The highest BCUT2D eigenvalue weighted by atomic mass is 16.5. The highest BCUT2D eigenvalue weighted by molar-refractivity contribution is 6.60. The van der Waals surface area contributed by atoms with Crippen molar-refractivity contribution in [3.63, 3.8) is 0 Å². The molecule has 0 spiro atoms. The lowest BCUT2D eigenvalue weighted by Gasteiger charge is -2.04. The third kappa shape index (κ3) is 1.55. The first-order chi connectivity index (χ1) is 6.79. The van der Waals surface area contributed by atoms with E-state index in [4.69, 9.17) is 14.6 Å². The van der Waals surface area contributed by atoms with Crippen molar-refractivity contribution in [1.29, 1.82) is 0 Å². The summed E-state index contributed by atoms with van der Waals surface area (Å²) in [7, 11) is -1.49. The summed E-state index contributed by atoms with van der Waals surface area (Å²) in [4.78, 5) is 0. The lowest BCUT2D eigenvalue weighted by atomic mass is 9.76. The molecule has 0 aliphatic heterocycles. The lowest BCUT2D eigenvalue weighted by Crippen LogP contribution is -2.31. The van der Waals surface area contributed by atoms with Crippen molar-refractivity contribution in [2.24, 2.45) is 0 Å². The van der Waals surface area contributed by atoms with Crippen molar-refractivity contribution in [2.75, 3.05) is 0 Å². The van der Waals surface area contributed by atoms with Gasteiger partial charge in [0.2, 0.25) is 0 Å². The Bertz CT molecular complexity index is 414. The van der Waals surface area contributed by atoms with Crippen LogP contribution in [0.2, 0.25) is 0 Å². The molecule has 0 unspecified atom stereocenters. The molecule has 2 aromatic rings. The predicted molar refractivity (Wildman–Crippen MR) is 51.8 cm³/mol. The molecule has 4 nitrogen and oxygen atoms in total. The van der Waals surface area contributed by atoms with Crippen molar-refractivity contribution in [1.82, 2.24) is 5.16 Å². The normalized spacial score (nSPS) is 10.1. The van der Waals surface area contributed by atoms with E-state index in [0.29, 0.717) is 11.0 Å². The van der Waals surface area contributed by atoms with E-state index in [2.05, 4.69) is 5.16 Å². The molecule has 5 heteroatoms. The average molecular weight is 189 g/mol. The van der Waals surface area contributed by atoms with Crippen LogP contribution in [0.15, 0.2) is 41.2 Å². The topological polar surface area (TPSA) is 66.5 Å². The fourth-order valence-corrected chi connectivity index (χ4v) is 1.32. The van der Waals surface area contributed by atoms with E-state index in [1.807, 2.05) is 6.07 Å². The predicted octanol–water partition coefficient (Wildman–Crippen LogP) is 0.0214. The van der Waals surface area contributed by atoms with Gasteiger partial charge in [0.25, 0.3) is 0 Å². The Hall–Kier alpha value is -1.59. The van der Waals surface area contributed by atoms with Crippen molar-refractivity contribution in [3.05, 3.63) is 36.7 Å². The summed E-state index contributed by atoms with van der Waals surface area (Å²) >= 11 is 0. The zero-order valence-electron chi connectivity index (χ0n) is 7.29. The fourth-order valence-electron chi connectivity index (χ4n) is 1.32. The van der Waals surface area contributed by atoms with E-state index >= 15 is 0 Å². The molecule has 1 aromatic heterocycles. The summed E-state index contributed by atoms with van der Waals surface area (Å²) in [5, 5.41) is 21.8. The maximum Gasteiger partial charge on any atom is 0.489 e. The lowest BCUT2D eigenvalue weighted by molar-refractivity contribution is 0.420. The van der Waals surface area contributed by atoms with Crippen LogP contribution in [0.4, 0.5) is 0 Å². The molecular formula is C9H8BNO3. The van der Waals surface area contributed by atoms with E-state index in [1.54, 1.807) is 18.2 Å². The standard InChI is InChI=1S/C9H8BNO3/c12-10(13)9-4-2-1-3-8(9)7-5-11-14-6-7/h1-6,12-13H. The molecule has 1 aromatic carbocycles.